The first-order chi connectivity index (χ1) is 15.1. The van der Waals surface area contributed by atoms with Crippen LogP contribution >= 0.6 is 0 Å². The zero-order valence-corrected chi connectivity index (χ0v) is 17.6. The van der Waals surface area contributed by atoms with E-state index in [-0.39, 0.29) is 43.3 Å². The van der Waals surface area contributed by atoms with Crippen molar-refractivity contribution in [3.8, 4) is 5.75 Å². The van der Waals surface area contributed by atoms with Crippen molar-refractivity contribution in [1.29, 1.82) is 0 Å². The minimum atomic E-state index is -4.27. The molecule has 0 saturated carbocycles. The molecule has 3 rings (SSSR count). The van der Waals surface area contributed by atoms with E-state index in [2.05, 4.69) is 15.0 Å². The van der Waals surface area contributed by atoms with Crippen molar-refractivity contribution in [3.63, 3.8) is 0 Å². The lowest BCUT2D eigenvalue weighted by Gasteiger charge is -2.35. The number of alkyl halides is 5. The van der Waals surface area contributed by atoms with E-state index in [0.29, 0.717) is 23.2 Å². The third kappa shape index (κ3) is 5.76. The van der Waals surface area contributed by atoms with Gasteiger partial charge in [-0.15, -0.1) is 0 Å². The minimum absolute atomic E-state index is 0.0931. The summed E-state index contributed by atoms with van der Waals surface area (Å²) in [6.45, 7) is -0.832. The van der Waals surface area contributed by atoms with Crippen molar-refractivity contribution in [3.05, 3.63) is 30.0 Å². The van der Waals surface area contributed by atoms with E-state index in [4.69, 9.17) is 4.74 Å². The molecule has 0 radical (unpaired) electrons. The van der Waals surface area contributed by atoms with Crippen LogP contribution in [-0.2, 0) is 4.74 Å². The number of benzene rings is 1. The van der Waals surface area contributed by atoms with Gasteiger partial charge in [0.1, 0.15) is 5.75 Å². The number of piperidine rings is 1. The van der Waals surface area contributed by atoms with Crippen molar-refractivity contribution >= 4 is 22.5 Å². The number of nitrogens with one attached hydrogen (secondary N) is 1. The maximum Gasteiger partial charge on any atom is 0.391 e. The van der Waals surface area contributed by atoms with Gasteiger partial charge in [0.05, 0.1) is 29.3 Å². The summed E-state index contributed by atoms with van der Waals surface area (Å²) in [6, 6.07) is 3.90. The molecule has 2 heterocycles. The van der Waals surface area contributed by atoms with Crippen LogP contribution in [0.1, 0.15) is 30.1 Å². The molecular weight excluding hydrogens is 437 g/mol. The number of fused-ring (bicyclic) bond motifs is 1. The highest BCUT2D eigenvalue weighted by Crippen LogP contribution is 2.38. The van der Waals surface area contributed by atoms with E-state index in [9.17, 15) is 26.7 Å². The number of carbonyl (C=O) groups is 1. The Morgan fingerprint density at radius 3 is 2.53 bits per heavy atom. The number of hydrogen-bond acceptors (Lipinski definition) is 5. The van der Waals surface area contributed by atoms with E-state index in [1.54, 1.807) is 11.8 Å². The second kappa shape index (κ2) is 9.85. The van der Waals surface area contributed by atoms with Crippen LogP contribution in [0.3, 0.4) is 0 Å². The van der Waals surface area contributed by atoms with Crippen molar-refractivity contribution in [2.24, 2.45) is 5.92 Å². The van der Waals surface area contributed by atoms with Crippen LogP contribution in [0.25, 0.3) is 10.9 Å². The zero-order chi connectivity index (χ0) is 23.5. The third-order valence-electron chi connectivity index (χ3n) is 5.32. The second-order valence-electron chi connectivity index (χ2n) is 7.75. The number of rotatable bonds is 7. The first-order valence-electron chi connectivity index (χ1n) is 10.1. The van der Waals surface area contributed by atoms with Crippen LogP contribution in [0.2, 0.25) is 0 Å². The Kier molecular flexibility index (Phi) is 7.37. The summed E-state index contributed by atoms with van der Waals surface area (Å²) in [7, 11) is 1.50. The fourth-order valence-corrected chi connectivity index (χ4v) is 3.79. The molecule has 1 fully saturated rings. The van der Waals surface area contributed by atoms with Gasteiger partial charge in [-0.1, -0.05) is 0 Å². The predicted molar refractivity (Wildman–Crippen MR) is 108 cm³/mol. The molecule has 1 aromatic carbocycles. The SMILES string of the molecule is COC[C@@H](C)NC(=O)c1cnc2c(N3CCC(C(F)(F)F)CC3)cc(OC(F)F)cc2c1. The maximum absolute atomic E-state index is 13.0. The molecule has 1 amide bonds. The third-order valence-corrected chi connectivity index (χ3v) is 5.32. The molecule has 32 heavy (non-hydrogen) atoms. The summed E-state index contributed by atoms with van der Waals surface area (Å²) in [5, 5.41) is 3.10. The average molecular weight is 461 g/mol. The van der Waals surface area contributed by atoms with Crippen LogP contribution in [-0.4, -0.2) is 56.5 Å². The first-order valence-corrected chi connectivity index (χ1v) is 10.1. The van der Waals surface area contributed by atoms with Gasteiger partial charge in [0.2, 0.25) is 0 Å². The molecule has 11 heteroatoms. The summed E-state index contributed by atoms with van der Waals surface area (Å²) < 4.78 is 74.2. The van der Waals surface area contributed by atoms with Crippen LogP contribution in [0.15, 0.2) is 24.4 Å². The molecule has 176 valence electrons. The van der Waals surface area contributed by atoms with Crippen molar-refractivity contribution < 1.29 is 36.2 Å². The van der Waals surface area contributed by atoms with Gasteiger partial charge in [0.25, 0.3) is 5.91 Å². The molecule has 1 N–H and O–H groups in total. The van der Waals surface area contributed by atoms with Gasteiger partial charge in [-0.05, 0) is 31.9 Å². The molecule has 0 aliphatic carbocycles. The van der Waals surface area contributed by atoms with Crippen LogP contribution in [0.5, 0.6) is 5.75 Å². The number of methoxy groups -OCH3 is 1. The van der Waals surface area contributed by atoms with Crippen LogP contribution < -0.4 is 15.0 Å². The molecule has 0 unspecified atom stereocenters. The van der Waals surface area contributed by atoms with Gasteiger partial charge < -0.3 is 19.7 Å². The number of aromatic nitrogens is 1. The van der Waals surface area contributed by atoms with E-state index in [1.807, 2.05) is 0 Å². The molecule has 2 aromatic rings. The molecule has 1 aromatic heterocycles. The minimum Gasteiger partial charge on any atom is -0.435 e. The number of amides is 1. The first kappa shape index (κ1) is 24.0. The summed E-state index contributed by atoms with van der Waals surface area (Å²) in [5.74, 6) is -1.98. The average Bonchev–Trinajstić information content (AvgIpc) is 2.72. The molecule has 1 saturated heterocycles. The number of pyridine rings is 1. The van der Waals surface area contributed by atoms with Gasteiger partial charge in [0.15, 0.2) is 0 Å². The summed E-state index contributed by atoms with van der Waals surface area (Å²) in [6.07, 6.45) is -3.14. The number of anilines is 1. The summed E-state index contributed by atoms with van der Waals surface area (Å²) >= 11 is 0. The fraction of sp³-hybridized carbons (Fsp3) is 0.524. The molecule has 0 spiro atoms. The molecule has 1 aliphatic rings. The second-order valence-corrected chi connectivity index (χ2v) is 7.75. The quantitative estimate of drug-likeness (QED) is 0.620. The monoisotopic (exact) mass is 461 g/mol. The van der Waals surface area contributed by atoms with Crippen molar-refractivity contribution in [2.75, 3.05) is 31.7 Å². The lowest BCUT2D eigenvalue weighted by molar-refractivity contribution is -0.179. The molecular formula is C21H24F5N3O3. The fourth-order valence-electron chi connectivity index (χ4n) is 3.79. The Morgan fingerprint density at radius 2 is 1.94 bits per heavy atom. The highest BCUT2D eigenvalue weighted by molar-refractivity contribution is 6.00. The molecule has 1 atom stereocenters. The van der Waals surface area contributed by atoms with Gasteiger partial charge in [-0.3, -0.25) is 9.78 Å². The van der Waals surface area contributed by atoms with Crippen LogP contribution in [0.4, 0.5) is 27.6 Å². The topological polar surface area (TPSA) is 63.7 Å². The number of ether oxygens (including phenoxy) is 2. The number of hydrogen-bond donors (Lipinski definition) is 1. The number of nitrogens with zero attached hydrogens (tertiary/aromatic N) is 2. The van der Waals surface area contributed by atoms with E-state index < -0.39 is 24.6 Å². The number of halogens is 5. The zero-order valence-electron chi connectivity index (χ0n) is 17.6. The van der Waals surface area contributed by atoms with E-state index in [0.717, 1.165) is 0 Å². The Hall–Kier alpha value is -2.69. The smallest absolute Gasteiger partial charge is 0.391 e. The standard InChI is InChI=1S/C21H24F5N3O3/c1-12(11-31-2)28-19(30)14-7-13-8-16(32-20(22)23)9-17(18(13)27-10-14)29-5-3-15(4-6-29)21(24,25)26/h7-10,12,15,20H,3-6,11H2,1-2H3,(H,28,30)/t12-/m1/s1. The van der Waals surface area contributed by atoms with Crippen molar-refractivity contribution in [2.45, 2.75) is 38.6 Å². The Morgan fingerprint density at radius 1 is 1.25 bits per heavy atom. The van der Waals surface area contributed by atoms with E-state index in [1.165, 1.54) is 31.5 Å². The molecule has 6 nitrogen and oxygen atoms in total. The van der Waals surface area contributed by atoms with Gasteiger partial charge in [-0.25, -0.2) is 0 Å². The summed E-state index contributed by atoms with van der Waals surface area (Å²) in [5.41, 5.74) is 0.980. The highest BCUT2D eigenvalue weighted by atomic mass is 19.4. The lowest BCUT2D eigenvalue weighted by Crippen LogP contribution is -2.39. The number of carbonyl (C=O) groups excluding carboxylic acids is 1. The lowest BCUT2D eigenvalue weighted by atomic mass is 9.95. The Labute approximate surface area is 181 Å². The summed E-state index contributed by atoms with van der Waals surface area (Å²) in [4.78, 5) is 18.5. The Bertz CT molecular complexity index is 946. The van der Waals surface area contributed by atoms with Gasteiger partial charge >= 0.3 is 12.8 Å². The maximum atomic E-state index is 13.0. The van der Waals surface area contributed by atoms with E-state index >= 15 is 0 Å². The normalized spacial score (nSPS) is 16.4. The van der Waals surface area contributed by atoms with Gasteiger partial charge in [0, 0.05) is 43.9 Å². The van der Waals surface area contributed by atoms with Gasteiger partial charge in [-0.2, -0.15) is 22.0 Å². The largest absolute Gasteiger partial charge is 0.435 e. The highest BCUT2D eigenvalue weighted by Gasteiger charge is 2.41. The molecule has 0 bridgehead atoms. The predicted octanol–water partition coefficient (Wildman–Crippen LogP) is 4.38. The van der Waals surface area contributed by atoms with Crippen LogP contribution in [0, 0.1) is 5.92 Å². The van der Waals surface area contributed by atoms with Crippen molar-refractivity contribution in [1.82, 2.24) is 10.3 Å². The Balaban J connectivity index is 1.93. The molecule has 1 aliphatic heterocycles.